The van der Waals surface area contributed by atoms with E-state index in [1.54, 1.807) is 12.1 Å². The SMILES string of the molecule is CCCN[C@H]1CCC[C@@H](Oc2ccc(Cl)cc2)[C@@H]1O. The molecule has 3 nitrogen and oxygen atoms in total. The number of ether oxygens (including phenoxy) is 1. The lowest BCUT2D eigenvalue weighted by atomic mass is 9.90. The number of nitrogens with one attached hydrogen (secondary N) is 1. The molecule has 0 bridgehead atoms. The first kappa shape index (κ1) is 14.6. The van der Waals surface area contributed by atoms with Crippen LogP contribution in [0.4, 0.5) is 0 Å². The van der Waals surface area contributed by atoms with Crippen LogP contribution in [0.25, 0.3) is 0 Å². The van der Waals surface area contributed by atoms with Crippen molar-refractivity contribution in [1.29, 1.82) is 0 Å². The molecule has 2 rings (SSSR count). The Kier molecular flexibility index (Phi) is 5.49. The summed E-state index contributed by atoms with van der Waals surface area (Å²) in [6.45, 7) is 3.07. The first-order valence-electron chi connectivity index (χ1n) is 7.04. The summed E-state index contributed by atoms with van der Waals surface area (Å²) in [6.07, 6.45) is 3.48. The number of rotatable bonds is 5. The molecule has 1 aliphatic rings. The molecular weight excluding hydrogens is 262 g/mol. The van der Waals surface area contributed by atoms with E-state index in [1.165, 1.54) is 0 Å². The molecular formula is C15H22ClNO2. The summed E-state index contributed by atoms with van der Waals surface area (Å²) >= 11 is 5.85. The number of aliphatic hydroxyl groups is 1. The highest BCUT2D eigenvalue weighted by Crippen LogP contribution is 2.25. The zero-order valence-electron chi connectivity index (χ0n) is 11.3. The molecule has 106 valence electrons. The van der Waals surface area contributed by atoms with Crippen LogP contribution in [0, 0.1) is 0 Å². The van der Waals surface area contributed by atoms with Gasteiger partial charge in [0.05, 0.1) is 0 Å². The summed E-state index contributed by atoms with van der Waals surface area (Å²) in [5.74, 6) is 0.768. The molecule has 0 unspecified atom stereocenters. The van der Waals surface area contributed by atoms with Gasteiger partial charge in [0.25, 0.3) is 0 Å². The second kappa shape index (κ2) is 7.13. The van der Waals surface area contributed by atoms with Crippen molar-refractivity contribution in [2.75, 3.05) is 6.54 Å². The van der Waals surface area contributed by atoms with E-state index in [4.69, 9.17) is 16.3 Å². The molecule has 0 aliphatic heterocycles. The lowest BCUT2D eigenvalue weighted by Crippen LogP contribution is -2.51. The third kappa shape index (κ3) is 4.10. The predicted molar refractivity (Wildman–Crippen MR) is 77.8 cm³/mol. The lowest BCUT2D eigenvalue weighted by Gasteiger charge is -2.35. The van der Waals surface area contributed by atoms with E-state index >= 15 is 0 Å². The highest BCUT2D eigenvalue weighted by atomic mass is 35.5. The molecule has 0 amide bonds. The zero-order chi connectivity index (χ0) is 13.7. The van der Waals surface area contributed by atoms with Crippen molar-refractivity contribution in [1.82, 2.24) is 5.32 Å². The Morgan fingerprint density at radius 3 is 2.74 bits per heavy atom. The standard InChI is InChI=1S/C15H22ClNO2/c1-2-10-17-13-4-3-5-14(15(13)18)19-12-8-6-11(16)7-9-12/h6-9,13-15,17-18H,2-5,10H2,1H3/t13-,14+,15+/m0/s1. The van der Waals surface area contributed by atoms with Crippen LogP contribution in [0.15, 0.2) is 24.3 Å². The first-order chi connectivity index (χ1) is 9.20. The highest BCUT2D eigenvalue weighted by molar-refractivity contribution is 6.30. The minimum atomic E-state index is -0.448. The minimum absolute atomic E-state index is 0.135. The van der Waals surface area contributed by atoms with Gasteiger partial charge >= 0.3 is 0 Å². The Morgan fingerprint density at radius 2 is 2.05 bits per heavy atom. The number of hydrogen-bond acceptors (Lipinski definition) is 3. The van der Waals surface area contributed by atoms with Gasteiger partial charge in [-0.1, -0.05) is 18.5 Å². The Balaban J connectivity index is 1.93. The molecule has 1 aliphatic carbocycles. The molecule has 0 radical (unpaired) electrons. The predicted octanol–water partition coefficient (Wildman–Crippen LogP) is 3.00. The molecule has 0 aromatic heterocycles. The molecule has 4 heteroatoms. The molecule has 1 fully saturated rings. The van der Waals surface area contributed by atoms with Gasteiger partial charge in [-0.2, -0.15) is 0 Å². The molecule has 0 heterocycles. The number of hydrogen-bond donors (Lipinski definition) is 2. The van der Waals surface area contributed by atoms with Crippen LogP contribution in [0.3, 0.4) is 0 Å². The molecule has 1 saturated carbocycles. The van der Waals surface area contributed by atoms with Crippen LogP contribution in [-0.2, 0) is 0 Å². The molecule has 0 spiro atoms. The van der Waals surface area contributed by atoms with E-state index in [-0.39, 0.29) is 12.1 Å². The quantitative estimate of drug-likeness (QED) is 0.873. The summed E-state index contributed by atoms with van der Waals surface area (Å²) in [7, 11) is 0. The molecule has 1 aromatic carbocycles. The van der Waals surface area contributed by atoms with Gasteiger partial charge in [-0.3, -0.25) is 0 Å². The average molecular weight is 284 g/mol. The van der Waals surface area contributed by atoms with Gasteiger partial charge in [0.2, 0.25) is 0 Å². The van der Waals surface area contributed by atoms with E-state index in [2.05, 4.69) is 12.2 Å². The number of benzene rings is 1. The molecule has 2 N–H and O–H groups in total. The summed E-state index contributed by atoms with van der Waals surface area (Å²) in [4.78, 5) is 0. The number of halogens is 1. The van der Waals surface area contributed by atoms with Crippen LogP contribution in [0.5, 0.6) is 5.75 Å². The Morgan fingerprint density at radius 1 is 1.32 bits per heavy atom. The van der Waals surface area contributed by atoms with Gasteiger partial charge in [0, 0.05) is 11.1 Å². The second-order valence-electron chi connectivity index (χ2n) is 5.09. The van der Waals surface area contributed by atoms with Crippen molar-refractivity contribution in [3.8, 4) is 5.75 Å². The Hall–Kier alpha value is -0.770. The van der Waals surface area contributed by atoms with E-state index in [1.807, 2.05) is 12.1 Å². The summed E-state index contributed by atoms with van der Waals surface area (Å²) in [5.41, 5.74) is 0. The van der Waals surface area contributed by atoms with E-state index < -0.39 is 6.10 Å². The van der Waals surface area contributed by atoms with Crippen LogP contribution in [-0.4, -0.2) is 29.9 Å². The first-order valence-corrected chi connectivity index (χ1v) is 7.42. The normalized spacial score (nSPS) is 27.2. The van der Waals surface area contributed by atoms with Crippen molar-refractivity contribution in [3.63, 3.8) is 0 Å². The fourth-order valence-corrected chi connectivity index (χ4v) is 2.63. The van der Waals surface area contributed by atoms with Crippen molar-refractivity contribution in [3.05, 3.63) is 29.3 Å². The smallest absolute Gasteiger partial charge is 0.126 e. The van der Waals surface area contributed by atoms with Crippen LogP contribution in [0.2, 0.25) is 5.02 Å². The Bertz CT molecular complexity index is 382. The van der Waals surface area contributed by atoms with Gasteiger partial charge in [-0.15, -0.1) is 0 Å². The van der Waals surface area contributed by atoms with E-state index in [0.717, 1.165) is 38.0 Å². The van der Waals surface area contributed by atoms with E-state index in [9.17, 15) is 5.11 Å². The molecule has 0 saturated heterocycles. The van der Waals surface area contributed by atoms with Gasteiger partial charge in [-0.05, 0) is 56.5 Å². The van der Waals surface area contributed by atoms with Crippen molar-refractivity contribution in [2.45, 2.75) is 50.9 Å². The molecule has 1 aromatic rings. The highest BCUT2D eigenvalue weighted by Gasteiger charge is 2.32. The lowest BCUT2D eigenvalue weighted by molar-refractivity contribution is -0.0151. The fraction of sp³-hybridized carbons (Fsp3) is 0.600. The van der Waals surface area contributed by atoms with E-state index in [0.29, 0.717) is 5.02 Å². The third-order valence-electron chi connectivity index (χ3n) is 3.55. The van der Waals surface area contributed by atoms with Gasteiger partial charge in [0.1, 0.15) is 18.0 Å². The van der Waals surface area contributed by atoms with Crippen LogP contribution >= 0.6 is 11.6 Å². The maximum atomic E-state index is 10.4. The molecule has 3 atom stereocenters. The summed E-state index contributed by atoms with van der Waals surface area (Å²) in [6, 6.07) is 7.44. The summed E-state index contributed by atoms with van der Waals surface area (Å²) < 4.78 is 5.88. The minimum Gasteiger partial charge on any atom is -0.488 e. The molecule has 19 heavy (non-hydrogen) atoms. The van der Waals surface area contributed by atoms with Crippen molar-refractivity contribution >= 4 is 11.6 Å². The van der Waals surface area contributed by atoms with Gasteiger partial charge in [0.15, 0.2) is 0 Å². The maximum absolute atomic E-state index is 10.4. The monoisotopic (exact) mass is 283 g/mol. The van der Waals surface area contributed by atoms with Crippen molar-refractivity contribution in [2.24, 2.45) is 0 Å². The van der Waals surface area contributed by atoms with Crippen molar-refractivity contribution < 1.29 is 9.84 Å². The topological polar surface area (TPSA) is 41.5 Å². The Labute approximate surface area is 119 Å². The van der Waals surface area contributed by atoms with Crippen LogP contribution < -0.4 is 10.1 Å². The zero-order valence-corrected chi connectivity index (χ0v) is 12.1. The van der Waals surface area contributed by atoms with Crippen LogP contribution in [0.1, 0.15) is 32.6 Å². The largest absolute Gasteiger partial charge is 0.488 e. The van der Waals surface area contributed by atoms with Gasteiger partial charge in [-0.25, -0.2) is 0 Å². The fourth-order valence-electron chi connectivity index (χ4n) is 2.51. The average Bonchev–Trinajstić information content (AvgIpc) is 2.42. The summed E-state index contributed by atoms with van der Waals surface area (Å²) in [5, 5.41) is 14.4. The maximum Gasteiger partial charge on any atom is 0.126 e. The third-order valence-corrected chi connectivity index (χ3v) is 3.81. The van der Waals surface area contributed by atoms with Gasteiger partial charge < -0.3 is 15.2 Å². The number of aliphatic hydroxyl groups excluding tert-OH is 1. The second-order valence-corrected chi connectivity index (χ2v) is 5.53.